The zero-order valence-electron chi connectivity index (χ0n) is 14.5. The molecular formula is C20H26N2O2. The fourth-order valence-electron chi connectivity index (χ4n) is 6.21. The summed E-state index contributed by atoms with van der Waals surface area (Å²) in [7, 11) is 1.66. The Balaban J connectivity index is 1.56. The summed E-state index contributed by atoms with van der Waals surface area (Å²) in [6.07, 6.45) is 4.74. The quantitative estimate of drug-likeness (QED) is 0.906. The molecule has 1 aromatic carbocycles. The lowest BCUT2D eigenvalue weighted by atomic mass is 9.56. The molecule has 4 heteroatoms. The molecule has 1 saturated carbocycles. The van der Waals surface area contributed by atoms with Gasteiger partial charge in [0.15, 0.2) is 5.78 Å². The Morgan fingerprint density at radius 2 is 2.25 bits per heavy atom. The highest BCUT2D eigenvalue weighted by Crippen LogP contribution is 2.55. The van der Waals surface area contributed by atoms with Crippen LogP contribution in [0, 0.1) is 17.8 Å². The predicted octanol–water partition coefficient (Wildman–Crippen LogP) is 3.18. The number of rotatable bonds is 2. The van der Waals surface area contributed by atoms with Gasteiger partial charge in [0.25, 0.3) is 0 Å². The molecule has 6 rings (SSSR count). The van der Waals surface area contributed by atoms with Crippen molar-refractivity contribution in [1.29, 1.82) is 0 Å². The third-order valence-electron chi connectivity index (χ3n) is 7.22. The van der Waals surface area contributed by atoms with Crippen LogP contribution in [-0.4, -0.2) is 42.5 Å². The van der Waals surface area contributed by atoms with Crippen LogP contribution in [0.1, 0.15) is 43.0 Å². The van der Waals surface area contributed by atoms with Crippen molar-refractivity contribution in [3.63, 3.8) is 0 Å². The molecule has 1 aromatic rings. The van der Waals surface area contributed by atoms with Crippen molar-refractivity contribution in [3.8, 4) is 5.75 Å². The Kier molecular flexibility index (Phi) is 3.06. The van der Waals surface area contributed by atoms with E-state index in [-0.39, 0.29) is 5.54 Å². The molecule has 4 fully saturated rings. The third kappa shape index (κ3) is 1.75. The normalized spacial score (nSPS) is 42.1. The molecule has 0 radical (unpaired) electrons. The first kappa shape index (κ1) is 14.8. The van der Waals surface area contributed by atoms with Gasteiger partial charge in [-0.3, -0.25) is 9.69 Å². The number of benzene rings is 1. The summed E-state index contributed by atoms with van der Waals surface area (Å²) in [6, 6.07) is 6.48. The number of carbonyl (C=O) groups is 1. The number of nitrogens with zero attached hydrogens (tertiary/aromatic N) is 1. The molecule has 0 unspecified atom stereocenters. The van der Waals surface area contributed by atoms with Crippen LogP contribution in [0.25, 0.3) is 0 Å². The number of ketones is 1. The Hall–Kier alpha value is -1.55. The first-order valence-electron chi connectivity index (χ1n) is 9.41. The number of piperidine rings is 3. The van der Waals surface area contributed by atoms with Crippen LogP contribution in [0.15, 0.2) is 18.2 Å². The molecule has 1 aliphatic carbocycles. The van der Waals surface area contributed by atoms with Gasteiger partial charge < -0.3 is 10.1 Å². The molecule has 5 aliphatic rings. The van der Waals surface area contributed by atoms with Gasteiger partial charge in [-0.1, -0.05) is 13.3 Å². The van der Waals surface area contributed by atoms with E-state index in [1.165, 1.54) is 25.8 Å². The van der Waals surface area contributed by atoms with Crippen molar-refractivity contribution in [2.24, 2.45) is 17.8 Å². The van der Waals surface area contributed by atoms with Gasteiger partial charge in [-0.2, -0.15) is 0 Å². The maximum atomic E-state index is 13.5. The smallest absolute Gasteiger partial charge is 0.190 e. The Morgan fingerprint density at radius 1 is 1.38 bits per heavy atom. The number of Topliss-reactive ketones (excluding diaryl/α,β-unsaturated/α-hetero) is 1. The number of ether oxygens (including phenoxy) is 1. The molecule has 3 saturated heterocycles. The first-order chi connectivity index (χ1) is 11.7. The number of hydrogen-bond acceptors (Lipinski definition) is 4. The monoisotopic (exact) mass is 326 g/mol. The molecule has 4 heterocycles. The van der Waals surface area contributed by atoms with Crippen LogP contribution in [-0.2, 0) is 0 Å². The molecule has 4 aliphatic heterocycles. The van der Waals surface area contributed by atoms with Gasteiger partial charge >= 0.3 is 0 Å². The van der Waals surface area contributed by atoms with Crippen molar-refractivity contribution in [2.45, 2.75) is 44.2 Å². The highest BCUT2D eigenvalue weighted by atomic mass is 16.5. The molecular weight excluding hydrogens is 300 g/mol. The summed E-state index contributed by atoms with van der Waals surface area (Å²) < 4.78 is 5.34. The fourth-order valence-corrected chi connectivity index (χ4v) is 6.21. The van der Waals surface area contributed by atoms with E-state index in [4.69, 9.17) is 4.74 Å². The van der Waals surface area contributed by atoms with Crippen LogP contribution in [0.5, 0.6) is 5.75 Å². The summed E-state index contributed by atoms with van der Waals surface area (Å²) in [5.41, 5.74) is 1.46. The van der Waals surface area contributed by atoms with E-state index in [0.717, 1.165) is 41.8 Å². The van der Waals surface area contributed by atoms with Crippen LogP contribution in [0.4, 0.5) is 5.69 Å². The lowest BCUT2D eigenvalue weighted by Gasteiger charge is -2.62. The average molecular weight is 326 g/mol. The maximum absolute atomic E-state index is 13.5. The first-order valence-corrected chi connectivity index (χ1v) is 9.41. The highest BCUT2D eigenvalue weighted by Gasteiger charge is 2.61. The van der Waals surface area contributed by atoms with Gasteiger partial charge in [0.05, 0.1) is 7.11 Å². The van der Waals surface area contributed by atoms with Crippen LogP contribution in [0.2, 0.25) is 0 Å². The van der Waals surface area contributed by atoms with Crippen LogP contribution >= 0.6 is 0 Å². The number of carbonyl (C=O) groups excluding carboxylic acids is 1. The predicted molar refractivity (Wildman–Crippen MR) is 93.7 cm³/mol. The van der Waals surface area contributed by atoms with Gasteiger partial charge in [-0.25, -0.2) is 0 Å². The number of methoxy groups -OCH3 is 1. The number of hydrogen-bond donors (Lipinski definition) is 1. The molecule has 4 bridgehead atoms. The molecule has 0 amide bonds. The van der Waals surface area contributed by atoms with Gasteiger partial charge in [0.1, 0.15) is 11.3 Å². The van der Waals surface area contributed by atoms with E-state index in [1.54, 1.807) is 7.11 Å². The molecule has 24 heavy (non-hydrogen) atoms. The molecule has 6 atom stereocenters. The van der Waals surface area contributed by atoms with E-state index in [1.807, 2.05) is 18.2 Å². The standard InChI is InChI=1S/C20H26N2O2/c1-3-13-8-12-9-16-18(13)22(11-12)7-6-20(16)19(23)15-10-14(24-2)4-5-17(15)21-20/h4-5,10,12-13,16,18,21H,3,6-9,11H2,1-2H3/t12-,13+,16-,18+,20+/m0/s1. The minimum absolute atomic E-state index is 0.309. The van der Waals surface area contributed by atoms with E-state index in [0.29, 0.717) is 17.7 Å². The molecule has 0 aromatic heterocycles. The van der Waals surface area contributed by atoms with Crippen molar-refractivity contribution in [1.82, 2.24) is 4.90 Å². The second-order valence-electron chi connectivity index (χ2n) is 8.18. The van der Waals surface area contributed by atoms with E-state index in [2.05, 4.69) is 17.1 Å². The summed E-state index contributed by atoms with van der Waals surface area (Å²) in [5.74, 6) is 3.07. The van der Waals surface area contributed by atoms with Gasteiger partial charge in [-0.15, -0.1) is 0 Å². The Bertz CT molecular complexity index is 695. The molecule has 1 N–H and O–H groups in total. The number of fused-ring (bicyclic) bond motifs is 2. The van der Waals surface area contributed by atoms with E-state index >= 15 is 0 Å². The minimum Gasteiger partial charge on any atom is -0.497 e. The fraction of sp³-hybridized carbons (Fsp3) is 0.650. The number of anilines is 1. The number of nitrogens with one attached hydrogen (secondary N) is 1. The minimum atomic E-state index is -0.373. The Morgan fingerprint density at radius 3 is 3.04 bits per heavy atom. The van der Waals surface area contributed by atoms with Gasteiger partial charge in [-0.05, 0) is 49.3 Å². The van der Waals surface area contributed by atoms with Crippen molar-refractivity contribution in [3.05, 3.63) is 23.8 Å². The van der Waals surface area contributed by atoms with E-state index in [9.17, 15) is 4.79 Å². The summed E-state index contributed by atoms with van der Waals surface area (Å²) in [6.45, 7) is 4.62. The summed E-state index contributed by atoms with van der Waals surface area (Å²) >= 11 is 0. The van der Waals surface area contributed by atoms with Crippen LogP contribution in [0.3, 0.4) is 0 Å². The molecule has 4 nitrogen and oxygen atoms in total. The zero-order valence-corrected chi connectivity index (χ0v) is 14.5. The Labute approximate surface area is 143 Å². The third-order valence-corrected chi connectivity index (χ3v) is 7.22. The molecule has 128 valence electrons. The lowest BCUT2D eigenvalue weighted by molar-refractivity contribution is -0.0893. The topological polar surface area (TPSA) is 41.6 Å². The molecule has 1 spiro atoms. The second kappa shape index (κ2) is 4.98. The van der Waals surface area contributed by atoms with Crippen LogP contribution < -0.4 is 10.1 Å². The van der Waals surface area contributed by atoms with Gasteiger partial charge in [0.2, 0.25) is 0 Å². The highest BCUT2D eigenvalue weighted by molar-refractivity contribution is 6.14. The summed E-state index contributed by atoms with van der Waals surface area (Å²) in [5, 5.41) is 3.70. The average Bonchev–Trinajstić information content (AvgIpc) is 2.91. The van der Waals surface area contributed by atoms with Crippen molar-refractivity contribution < 1.29 is 9.53 Å². The van der Waals surface area contributed by atoms with Gasteiger partial charge in [0, 0.05) is 36.3 Å². The van der Waals surface area contributed by atoms with E-state index < -0.39 is 0 Å². The van der Waals surface area contributed by atoms with Crippen molar-refractivity contribution in [2.75, 3.05) is 25.5 Å². The zero-order chi connectivity index (χ0) is 16.5. The maximum Gasteiger partial charge on any atom is 0.190 e. The summed E-state index contributed by atoms with van der Waals surface area (Å²) in [4.78, 5) is 16.2. The second-order valence-corrected chi connectivity index (χ2v) is 8.18. The largest absolute Gasteiger partial charge is 0.497 e. The lowest BCUT2D eigenvalue weighted by Crippen LogP contribution is -2.70. The van der Waals surface area contributed by atoms with Crippen molar-refractivity contribution >= 4 is 11.5 Å². The SMILES string of the molecule is CC[C@@H]1C[C@H]2C[C@H]3[C@@H]1[N@](CC[C@@]31Nc3ccc(OC)cc3C1=O)C2.